The number of unbranched alkanes of at least 4 members (excludes halogenated alkanes) is 10. The van der Waals surface area contributed by atoms with E-state index in [2.05, 4.69) is 55.4 Å². The van der Waals surface area contributed by atoms with Gasteiger partial charge in [0.1, 0.15) is 25.8 Å². The Balaban J connectivity index is 5.57. The largest absolute Gasteiger partial charge is 0.347 e. The molecule has 0 radical (unpaired) electrons. The van der Waals surface area contributed by atoms with Crippen molar-refractivity contribution in [2.75, 3.05) is 40.0 Å². The van der Waals surface area contributed by atoms with Gasteiger partial charge in [0.2, 0.25) is 0 Å². The van der Waals surface area contributed by atoms with Gasteiger partial charge in [-0.25, -0.2) is 0 Å². The second-order valence-electron chi connectivity index (χ2n) is 12.6. The maximum atomic E-state index is 6.59. The van der Waals surface area contributed by atoms with Crippen LogP contribution < -0.4 is 0 Å². The summed E-state index contributed by atoms with van der Waals surface area (Å²) in [7, 11) is 0. The van der Waals surface area contributed by atoms with Crippen LogP contribution in [0.5, 0.6) is 0 Å². The molecule has 0 aliphatic carbocycles. The first-order chi connectivity index (χ1) is 22.0. The first-order valence-electron chi connectivity index (χ1n) is 19.4. The Labute approximate surface area is 280 Å². The second kappa shape index (κ2) is 31.0. The van der Waals surface area contributed by atoms with Crippen LogP contribution in [0.15, 0.2) is 0 Å². The van der Waals surface area contributed by atoms with Crippen LogP contribution in [0.25, 0.3) is 0 Å². The van der Waals surface area contributed by atoms with Gasteiger partial charge in [-0.1, -0.05) is 120 Å². The molecule has 0 bridgehead atoms. The third-order valence-corrected chi connectivity index (χ3v) is 8.56. The molecule has 0 saturated heterocycles. The topological polar surface area (TPSA) is 64.6 Å². The summed E-state index contributed by atoms with van der Waals surface area (Å²) in [6, 6.07) is 0. The molecule has 0 amide bonds. The third kappa shape index (κ3) is 20.0. The molecule has 0 aromatic rings. The lowest BCUT2D eigenvalue weighted by Crippen LogP contribution is -2.50. The van der Waals surface area contributed by atoms with Gasteiger partial charge in [0, 0.05) is 12.8 Å². The van der Waals surface area contributed by atoms with Crippen molar-refractivity contribution in [3.05, 3.63) is 0 Å². The normalized spacial score (nSPS) is 13.9. The summed E-state index contributed by atoms with van der Waals surface area (Å²) in [6.45, 7) is 20.5. The molecule has 0 heterocycles. The molecule has 7 heteroatoms. The fraction of sp³-hybridized carbons (Fsp3) is 1.00. The van der Waals surface area contributed by atoms with E-state index < -0.39 is 11.6 Å². The molecule has 2 atom stereocenters. The lowest BCUT2D eigenvalue weighted by molar-refractivity contribution is -0.323. The minimum Gasteiger partial charge on any atom is -0.347 e. The second-order valence-corrected chi connectivity index (χ2v) is 12.6. The molecule has 0 fully saturated rings. The van der Waals surface area contributed by atoms with Gasteiger partial charge < -0.3 is 33.2 Å². The van der Waals surface area contributed by atoms with Crippen molar-refractivity contribution >= 4 is 0 Å². The predicted molar refractivity (Wildman–Crippen MR) is 188 cm³/mol. The molecule has 0 spiro atoms. The average molecular weight is 647 g/mol. The fourth-order valence-corrected chi connectivity index (χ4v) is 5.63. The molecule has 0 rings (SSSR count). The predicted octanol–water partition coefficient (Wildman–Crippen LogP) is 11.1. The van der Waals surface area contributed by atoms with Crippen LogP contribution in [0.3, 0.4) is 0 Å². The fourth-order valence-electron chi connectivity index (χ4n) is 5.63. The van der Waals surface area contributed by atoms with Gasteiger partial charge in [-0.3, -0.25) is 0 Å². The Bertz CT molecular complexity index is 533. The Morgan fingerprint density at radius 1 is 0.378 bits per heavy atom. The highest BCUT2D eigenvalue weighted by Crippen LogP contribution is 2.33. The summed E-state index contributed by atoms with van der Waals surface area (Å²) < 4.78 is 45.2. The van der Waals surface area contributed by atoms with Crippen molar-refractivity contribution in [1.82, 2.24) is 0 Å². The quantitative estimate of drug-likeness (QED) is 0.0495. The van der Waals surface area contributed by atoms with E-state index in [1.807, 2.05) is 0 Å². The maximum Gasteiger partial charge on any atom is 0.194 e. The van der Waals surface area contributed by atoms with E-state index in [9.17, 15) is 0 Å². The van der Waals surface area contributed by atoms with E-state index in [4.69, 9.17) is 33.2 Å². The van der Waals surface area contributed by atoms with E-state index in [1.54, 1.807) is 0 Å². The van der Waals surface area contributed by atoms with Gasteiger partial charge in [-0.2, -0.15) is 0 Å². The van der Waals surface area contributed by atoms with Crippen LogP contribution in [0.4, 0.5) is 0 Å². The minimum absolute atomic E-state index is 0.122. The molecule has 45 heavy (non-hydrogen) atoms. The van der Waals surface area contributed by atoms with Gasteiger partial charge in [0.25, 0.3) is 0 Å². The van der Waals surface area contributed by atoms with Crippen molar-refractivity contribution in [2.24, 2.45) is 0 Å². The van der Waals surface area contributed by atoms with Crippen LogP contribution in [0.2, 0.25) is 0 Å². The van der Waals surface area contributed by atoms with Crippen molar-refractivity contribution in [3.8, 4) is 0 Å². The zero-order valence-electron chi connectivity index (χ0n) is 31.4. The lowest BCUT2D eigenvalue weighted by atomic mass is 9.98. The van der Waals surface area contributed by atoms with Crippen molar-refractivity contribution < 1.29 is 33.2 Å². The van der Waals surface area contributed by atoms with E-state index in [0.29, 0.717) is 26.4 Å². The highest BCUT2D eigenvalue weighted by molar-refractivity contribution is 4.82. The molecule has 272 valence electrons. The summed E-state index contributed by atoms with van der Waals surface area (Å²) in [5.41, 5.74) is 0. The van der Waals surface area contributed by atoms with Gasteiger partial charge in [-0.15, -0.1) is 0 Å². The highest BCUT2D eigenvalue weighted by atomic mass is 16.8. The summed E-state index contributed by atoms with van der Waals surface area (Å²) in [5.74, 6) is -1.51. The lowest BCUT2D eigenvalue weighted by Gasteiger charge is -2.41. The van der Waals surface area contributed by atoms with Crippen molar-refractivity contribution in [2.45, 2.75) is 208 Å². The van der Waals surface area contributed by atoms with Gasteiger partial charge in [0.15, 0.2) is 11.6 Å². The highest BCUT2D eigenvalue weighted by Gasteiger charge is 2.42. The minimum atomic E-state index is -0.753. The SMILES string of the molecule is CCCCCCC(OCCCC)(OCCCC)C(CC)OCOCOC(CC)C(CCCCCC)(OCCCC)OCCCC. The molecule has 0 aromatic heterocycles. The number of hydrogen-bond donors (Lipinski definition) is 0. The Morgan fingerprint density at radius 2 is 0.689 bits per heavy atom. The van der Waals surface area contributed by atoms with E-state index in [1.165, 1.54) is 38.5 Å². The number of rotatable bonds is 36. The molecular weight excluding hydrogens is 568 g/mol. The Hall–Kier alpha value is -0.280. The summed E-state index contributed by atoms with van der Waals surface area (Å²) in [4.78, 5) is 0. The molecular formula is C38H78O7. The molecule has 2 unspecified atom stereocenters. The van der Waals surface area contributed by atoms with E-state index >= 15 is 0 Å². The molecule has 0 aromatic carbocycles. The van der Waals surface area contributed by atoms with Crippen molar-refractivity contribution in [3.63, 3.8) is 0 Å². The van der Waals surface area contributed by atoms with E-state index in [0.717, 1.165) is 89.9 Å². The first kappa shape index (κ1) is 44.7. The van der Waals surface area contributed by atoms with Crippen LogP contribution in [-0.2, 0) is 33.2 Å². The van der Waals surface area contributed by atoms with E-state index in [-0.39, 0.29) is 25.8 Å². The van der Waals surface area contributed by atoms with Crippen LogP contribution in [-0.4, -0.2) is 63.8 Å². The Kier molecular flexibility index (Phi) is 30.8. The smallest absolute Gasteiger partial charge is 0.194 e. The average Bonchev–Trinajstić information content (AvgIpc) is 3.05. The summed E-state index contributed by atoms with van der Waals surface area (Å²) in [5, 5.41) is 0. The summed E-state index contributed by atoms with van der Waals surface area (Å²) in [6.07, 6.45) is 20.5. The first-order valence-corrected chi connectivity index (χ1v) is 19.4. The number of ether oxygens (including phenoxy) is 7. The van der Waals surface area contributed by atoms with Crippen LogP contribution in [0, 0.1) is 0 Å². The van der Waals surface area contributed by atoms with Crippen LogP contribution >= 0.6 is 0 Å². The van der Waals surface area contributed by atoms with Crippen molar-refractivity contribution in [1.29, 1.82) is 0 Å². The molecule has 0 aliphatic rings. The molecule has 0 saturated carbocycles. The maximum absolute atomic E-state index is 6.59. The Morgan fingerprint density at radius 3 is 0.956 bits per heavy atom. The molecule has 0 aliphatic heterocycles. The zero-order valence-corrected chi connectivity index (χ0v) is 31.4. The molecule has 7 nitrogen and oxygen atoms in total. The molecule has 0 N–H and O–H groups in total. The standard InChI is InChI=1S/C38H78O7/c1-9-17-23-25-27-37(42-29-19-11-3,43-30-20-12-4)35(15-7)40-33-39-34-41-36(16-8)38(44-31-21-13-5,45-32-22-14-6)28-26-24-18-10-2/h35-36H,9-34H2,1-8H3. The number of hydrogen-bond acceptors (Lipinski definition) is 7. The zero-order chi connectivity index (χ0) is 33.5. The van der Waals surface area contributed by atoms with Gasteiger partial charge in [0.05, 0.1) is 26.4 Å². The van der Waals surface area contributed by atoms with Gasteiger partial charge >= 0.3 is 0 Å². The van der Waals surface area contributed by atoms with Crippen LogP contribution in [0.1, 0.15) is 184 Å². The third-order valence-electron chi connectivity index (χ3n) is 8.56. The van der Waals surface area contributed by atoms with Gasteiger partial charge in [-0.05, 0) is 51.4 Å². The summed E-state index contributed by atoms with van der Waals surface area (Å²) >= 11 is 0. The monoisotopic (exact) mass is 647 g/mol.